The number of anilines is 1. The fraction of sp³-hybridized carbons (Fsp3) is 0.100. The summed E-state index contributed by atoms with van der Waals surface area (Å²) in [5.74, 6) is 0. The molecular formula is C10H8Cl2N2S. The predicted octanol–water partition coefficient (Wildman–Crippen LogP) is 4.06. The van der Waals surface area contributed by atoms with Gasteiger partial charge in [-0.3, -0.25) is 0 Å². The van der Waals surface area contributed by atoms with E-state index in [-0.39, 0.29) is 0 Å². The lowest BCUT2D eigenvalue weighted by molar-refractivity contribution is 1.13. The molecule has 78 valence electrons. The molecule has 0 atom stereocenters. The largest absolute Gasteiger partial charge is 0.357 e. The number of benzene rings is 1. The van der Waals surface area contributed by atoms with Crippen molar-refractivity contribution in [3.05, 3.63) is 45.4 Å². The number of thiazole rings is 1. The number of nitrogens with one attached hydrogen (secondary N) is 1. The quantitative estimate of drug-likeness (QED) is 0.898. The molecule has 0 aliphatic carbocycles. The lowest BCUT2D eigenvalue weighted by Crippen LogP contribution is -1.99. The second-order valence-electron chi connectivity index (χ2n) is 2.93. The van der Waals surface area contributed by atoms with Gasteiger partial charge in [-0.1, -0.05) is 29.3 Å². The second-order valence-corrected chi connectivity index (χ2v) is 4.66. The molecule has 0 spiro atoms. The van der Waals surface area contributed by atoms with E-state index in [2.05, 4.69) is 10.3 Å². The minimum atomic E-state index is 0.651. The van der Waals surface area contributed by atoms with Crippen LogP contribution in [0.4, 0.5) is 5.13 Å². The number of aromatic nitrogens is 1. The van der Waals surface area contributed by atoms with Crippen LogP contribution < -0.4 is 5.32 Å². The Morgan fingerprint density at radius 1 is 1.33 bits per heavy atom. The summed E-state index contributed by atoms with van der Waals surface area (Å²) in [5, 5.41) is 7.32. The van der Waals surface area contributed by atoms with Gasteiger partial charge in [0.25, 0.3) is 0 Å². The normalized spacial score (nSPS) is 10.3. The van der Waals surface area contributed by atoms with Gasteiger partial charge in [0.2, 0.25) is 0 Å². The van der Waals surface area contributed by atoms with Crippen molar-refractivity contribution in [3.63, 3.8) is 0 Å². The standard InChI is InChI=1S/C10H8Cl2N2S/c11-8-2-1-7(9(12)5-8)6-14-10-13-3-4-15-10/h1-5H,6H2,(H,13,14). The van der Waals surface area contributed by atoms with Crippen molar-refractivity contribution in [2.45, 2.75) is 6.54 Å². The van der Waals surface area contributed by atoms with E-state index in [1.54, 1.807) is 23.6 Å². The SMILES string of the molecule is Clc1ccc(CNc2nccs2)c(Cl)c1. The van der Waals surface area contributed by atoms with E-state index in [1.807, 2.05) is 17.5 Å². The van der Waals surface area contributed by atoms with E-state index >= 15 is 0 Å². The van der Waals surface area contributed by atoms with Gasteiger partial charge in [-0.05, 0) is 17.7 Å². The van der Waals surface area contributed by atoms with Crippen LogP contribution in [0.1, 0.15) is 5.56 Å². The highest BCUT2D eigenvalue weighted by molar-refractivity contribution is 7.13. The Kier molecular flexibility index (Phi) is 3.46. The van der Waals surface area contributed by atoms with E-state index < -0.39 is 0 Å². The third-order valence-electron chi connectivity index (χ3n) is 1.88. The summed E-state index contributed by atoms with van der Waals surface area (Å²) < 4.78 is 0. The summed E-state index contributed by atoms with van der Waals surface area (Å²) in [6, 6.07) is 5.47. The minimum Gasteiger partial charge on any atom is -0.357 e. The zero-order valence-electron chi connectivity index (χ0n) is 7.71. The second kappa shape index (κ2) is 4.84. The summed E-state index contributed by atoms with van der Waals surface area (Å²) in [4.78, 5) is 4.12. The van der Waals surface area contributed by atoms with Crippen LogP contribution in [0.25, 0.3) is 0 Å². The molecule has 0 aliphatic rings. The van der Waals surface area contributed by atoms with Crippen molar-refractivity contribution in [2.75, 3.05) is 5.32 Å². The molecule has 5 heteroatoms. The van der Waals surface area contributed by atoms with Crippen molar-refractivity contribution < 1.29 is 0 Å². The Morgan fingerprint density at radius 2 is 2.20 bits per heavy atom. The molecule has 1 N–H and O–H groups in total. The number of hydrogen-bond donors (Lipinski definition) is 1. The van der Waals surface area contributed by atoms with Gasteiger partial charge in [-0.25, -0.2) is 4.98 Å². The van der Waals surface area contributed by atoms with Crippen LogP contribution in [-0.2, 0) is 6.54 Å². The first-order valence-electron chi connectivity index (χ1n) is 4.33. The molecule has 0 bridgehead atoms. The summed E-state index contributed by atoms with van der Waals surface area (Å²) in [6.07, 6.45) is 1.76. The molecular weight excluding hydrogens is 251 g/mol. The van der Waals surface area contributed by atoms with E-state index in [1.165, 1.54) is 0 Å². The molecule has 15 heavy (non-hydrogen) atoms. The highest BCUT2D eigenvalue weighted by Crippen LogP contribution is 2.22. The zero-order chi connectivity index (χ0) is 10.7. The Labute approximate surface area is 102 Å². The third kappa shape index (κ3) is 2.84. The first-order valence-corrected chi connectivity index (χ1v) is 5.96. The monoisotopic (exact) mass is 258 g/mol. The maximum Gasteiger partial charge on any atom is 0.182 e. The first kappa shape index (κ1) is 10.7. The van der Waals surface area contributed by atoms with Crippen molar-refractivity contribution >= 4 is 39.7 Å². The maximum absolute atomic E-state index is 6.03. The fourth-order valence-electron chi connectivity index (χ4n) is 1.15. The van der Waals surface area contributed by atoms with Crippen LogP contribution in [0, 0.1) is 0 Å². The van der Waals surface area contributed by atoms with Crippen molar-refractivity contribution in [1.29, 1.82) is 0 Å². The Balaban J connectivity index is 2.05. The topological polar surface area (TPSA) is 24.9 Å². The smallest absolute Gasteiger partial charge is 0.182 e. The molecule has 2 rings (SSSR count). The van der Waals surface area contributed by atoms with Gasteiger partial charge in [0.05, 0.1) is 0 Å². The molecule has 0 fully saturated rings. The average molecular weight is 259 g/mol. The van der Waals surface area contributed by atoms with Gasteiger partial charge in [0, 0.05) is 28.2 Å². The van der Waals surface area contributed by atoms with Crippen molar-refractivity contribution in [2.24, 2.45) is 0 Å². The van der Waals surface area contributed by atoms with E-state index in [4.69, 9.17) is 23.2 Å². The zero-order valence-corrected chi connectivity index (χ0v) is 10.0. The number of hydrogen-bond acceptors (Lipinski definition) is 3. The molecule has 1 aromatic heterocycles. The average Bonchev–Trinajstić information content (AvgIpc) is 2.69. The predicted molar refractivity (Wildman–Crippen MR) is 65.9 cm³/mol. The van der Waals surface area contributed by atoms with Gasteiger partial charge in [-0.15, -0.1) is 11.3 Å². The van der Waals surface area contributed by atoms with E-state index in [0.717, 1.165) is 10.7 Å². The van der Waals surface area contributed by atoms with Gasteiger partial charge < -0.3 is 5.32 Å². The summed E-state index contributed by atoms with van der Waals surface area (Å²) in [5.41, 5.74) is 1.01. The molecule has 2 nitrogen and oxygen atoms in total. The third-order valence-corrected chi connectivity index (χ3v) is 3.20. The summed E-state index contributed by atoms with van der Waals surface area (Å²) in [6.45, 7) is 0.656. The molecule has 0 saturated heterocycles. The van der Waals surface area contributed by atoms with Crippen molar-refractivity contribution in [1.82, 2.24) is 4.98 Å². The van der Waals surface area contributed by atoms with Crippen LogP contribution >= 0.6 is 34.5 Å². The van der Waals surface area contributed by atoms with Crippen LogP contribution in [0.2, 0.25) is 10.0 Å². The van der Waals surface area contributed by atoms with Crippen LogP contribution in [-0.4, -0.2) is 4.98 Å². The van der Waals surface area contributed by atoms with E-state index in [0.29, 0.717) is 16.6 Å². The van der Waals surface area contributed by atoms with Gasteiger partial charge in [0.1, 0.15) is 0 Å². The molecule has 0 aliphatic heterocycles. The Bertz CT molecular complexity index is 443. The fourth-order valence-corrected chi connectivity index (χ4v) is 2.15. The Morgan fingerprint density at radius 3 is 2.87 bits per heavy atom. The lowest BCUT2D eigenvalue weighted by atomic mass is 10.2. The molecule has 0 radical (unpaired) electrons. The summed E-state index contributed by atoms with van der Waals surface area (Å²) >= 11 is 13.4. The molecule has 2 aromatic rings. The van der Waals surface area contributed by atoms with Crippen LogP contribution in [0.3, 0.4) is 0 Å². The number of nitrogens with zero attached hydrogens (tertiary/aromatic N) is 1. The maximum atomic E-state index is 6.03. The van der Waals surface area contributed by atoms with Crippen molar-refractivity contribution in [3.8, 4) is 0 Å². The highest BCUT2D eigenvalue weighted by Gasteiger charge is 2.01. The molecule has 0 unspecified atom stereocenters. The van der Waals surface area contributed by atoms with E-state index in [9.17, 15) is 0 Å². The van der Waals surface area contributed by atoms with Crippen LogP contribution in [0.15, 0.2) is 29.8 Å². The van der Waals surface area contributed by atoms with Gasteiger partial charge in [0.15, 0.2) is 5.13 Å². The summed E-state index contributed by atoms with van der Waals surface area (Å²) in [7, 11) is 0. The molecule has 1 aromatic carbocycles. The number of rotatable bonds is 3. The van der Waals surface area contributed by atoms with Gasteiger partial charge in [-0.2, -0.15) is 0 Å². The Hall–Kier alpha value is -0.770. The minimum absolute atomic E-state index is 0.651. The van der Waals surface area contributed by atoms with Crippen LogP contribution in [0.5, 0.6) is 0 Å². The number of halogens is 2. The molecule has 0 saturated carbocycles. The van der Waals surface area contributed by atoms with Gasteiger partial charge >= 0.3 is 0 Å². The highest BCUT2D eigenvalue weighted by atomic mass is 35.5. The lowest BCUT2D eigenvalue weighted by Gasteiger charge is -2.05. The first-order chi connectivity index (χ1) is 7.25. The molecule has 1 heterocycles. The molecule has 0 amide bonds.